The number of nitrogens with zero attached hydrogens (tertiary/aromatic N) is 1. The molecule has 2 fully saturated rings. The number of rotatable bonds is 3. The second-order valence-electron chi connectivity index (χ2n) is 5.22. The maximum Gasteiger partial charge on any atom is 0.0268 e. The van der Waals surface area contributed by atoms with Gasteiger partial charge in [0.25, 0.3) is 0 Å². The third-order valence-electron chi connectivity index (χ3n) is 4.35. The topological polar surface area (TPSA) is 29.3 Å². The van der Waals surface area contributed by atoms with Crippen LogP contribution in [0.25, 0.3) is 0 Å². The van der Waals surface area contributed by atoms with Gasteiger partial charge in [-0.05, 0) is 57.5 Å². The van der Waals surface area contributed by atoms with Crippen molar-refractivity contribution in [3.8, 4) is 0 Å². The van der Waals surface area contributed by atoms with Crippen LogP contribution in [0.3, 0.4) is 0 Å². The van der Waals surface area contributed by atoms with Crippen LogP contribution in [0.4, 0.5) is 0 Å². The summed E-state index contributed by atoms with van der Waals surface area (Å²) in [5.74, 6) is 1.04. The van der Waals surface area contributed by atoms with Gasteiger partial charge in [0, 0.05) is 12.6 Å². The molecule has 2 saturated carbocycles. The standard InChI is InChI=1S/C11H22N2/c1-13(2)10(8-12)11-5-3-9(7-11)4-6-11/h9-10H,3-8,12H2,1-2H3. The number of hydrogen-bond donors (Lipinski definition) is 1. The Bertz CT molecular complexity index is 181. The van der Waals surface area contributed by atoms with Crippen molar-refractivity contribution in [3.63, 3.8) is 0 Å². The lowest BCUT2D eigenvalue weighted by Gasteiger charge is -2.39. The Morgan fingerprint density at radius 1 is 1.38 bits per heavy atom. The zero-order chi connectivity index (χ0) is 9.47. The minimum absolute atomic E-state index is 0.600. The highest BCUT2D eigenvalue weighted by Crippen LogP contribution is 2.56. The van der Waals surface area contributed by atoms with Gasteiger partial charge in [0.05, 0.1) is 0 Å². The van der Waals surface area contributed by atoms with Gasteiger partial charge in [-0.1, -0.05) is 0 Å². The first-order chi connectivity index (χ1) is 6.18. The number of likely N-dealkylation sites (N-methyl/N-ethyl adjacent to an activating group) is 1. The van der Waals surface area contributed by atoms with E-state index in [1.165, 1.54) is 32.1 Å². The first kappa shape index (κ1) is 9.47. The Hall–Kier alpha value is -0.0800. The van der Waals surface area contributed by atoms with E-state index in [4.69, 9.17) is 5.73 Å². The summed E-state index contributed by atoms with van der Waals surface area (Å²) in [5.41, 5.74) is 6.49. The molecule has 0 aromatic rings. The molecule has 2 aliphatic carbocycles. The van der Waals surface area contributed by atoms with Crippen molar-refractivity contribution >= 4 is 0 Å². The van der Waals surface area contributed by atoms with E-state index in [1.54, 1.807) is 0 Å². The van der Waals surface area contributed by atoms with E-state index >= 15 is 0 Å². The predicted molar refractivity (Wildman–Crippen MR) is 55.5 cm³/mol. The van der Waals surface area contributed by atoms with Crippen LogP contribution in [-0.2, 0) is 0 Å². The largest absolute Gasteiger partial charge is 0.329 e. The minimum Gasteiger partial charge on any atom is -0.329 e. The quantitative estimate of drug-likeness (QED) is 0.716. The van der Waals surface area contributed by atoms with Gasteiger partial charge in [0.1, 0.15) is 0 Å². The van der Waals surface area contributed by atoms with E-state index in [9.17, 15) is 0 Å². The highest BCUT2D eigenvalue weighted by atomic mass is 15.1. The molecule has 0 aromatic heterocycles. The van der Waals surface area contributed by atoms with Crippen molar-refractivity contribution in [1.29, 1.82) is 0 Å². The van der Waals surface area contributed by atoms with Crippen LogP contribution in [0.1, 0.15) is 32.1 Å². The monoisotopic (exact) mass is 182 g/mol. The van der Waals surface area contributed by atoms with Crippen LogP contribution in [0.5, 0.6) is 0 Å². The highest BCUT2D eigenvalue weighted by Gasteiger charge is 2.49. The van der Waals surface area contributed by atoms with Crippen molar-refractivity contribution in [1.82, 2.24) is 4.90 Å². The highest BCUT2D eigenvalue weighted by molar-refractivity contribution is 5.02. The molecule has 2 rings (SSSR count). The third-order valence-corrected chi connectivity index (χ3v) is 4.35. The summed E-state index contributed by atoms with van der Waals surface area (Å²) in [6.45, 7) is 0.833. The molecule has 2 bridgehead atoms. The maximum absolute atomic E-state index is 5.89. The predicted octanol–water partition coefficient (Wildman–Crippen LogP) is 1.46. The number of hydrogen-bond acceptors (Lipinski definition) is 2. The van der Waals surface area contributed by atoms with Gasteiger partial charge < -0.3 is 10.6 Å². The van der Waals surface area contributed by atoms with Crippen LogP contribution in [0.2, 0.25) is 0 Å². The lowest BCUT2D eigenvalue weighted by Crippen LogP contribution is -2.47. The minimum atomic E-state index is 0.600. The summed E-state index contributed by atoms with van der Waals surface area (Å²) in [6.07, 6.45) is 7.23. The molecular formula is C11H22N2. The first-order valence-corrected chi connectivity index (χ1v) is 5.54. The molecule has 0 radical (unpaired) electrons. The summed E-state index contributed by atoms with van der Waals surface area (Å²) in [6, 6.07) is 0.625. The smallest absolute Gasteiger partial charge is 0.0268 e. The lowest BCUT2D eigenvalue weighted by atomic mass is 9.77. The maximum atomic E-state index is 5.89. The first-order valence-electron chi connectivity index (χ1n) is 5.54. The fraction of sp³-hybridized carbons (Fsp3) is 1.00. The summed E-state index contributed by atoms with van der Waals surface area (Å²) >= 11 is 0. The Morgan fingerprint density at radius 2 is 2.00 bits per heavy atom. The molecule has 0 saturated heterocycles. The Labute approximate surface area is 81.5 Å². The normalized spacial score (nSPS) is 40.2. The van der Waals surface area contributed by atoms with Crippen LogP contribution in [0, 0.1) is 11.3 Å². The van der Waals surface area contributed by atoms with E-state index < -0.39 is 0 Å². The van der Waals surface area contributed by atoms with E-state index in [1.807, 2.05) is 0 Å². The SMILES string of the molecule is CN(C)C(CN)C12CCC(CC1)C2. The number of fused-ring (bicyclic) bond motifs is 2. The average molecular weight is 182 g/mol. The molecule has 1 unspecified atom stereocenters. The molecule has 1 atom stereocenters. The van der Waals surface area contributed by atoms with Gasteiger partial charge in [-0.2, -0.15) is 0 Å². The zero-order valence-corrected chi connectivity index (χ0v) is 8.92. The molecule has 0 spiro atoms. The Morgan fingerprint density at radius 3 is 2.31 bits per heavy atom. The van der Waals surface area contributed by atoms with E-state index in [-0.39, 0.29) is 0 Å². The molecule has 2 N–H and O–H groups in total. The molecule has 76 valence electrons. The zero-order valence-electron chi connectivity index (χ0n) is 8.92. The van der Waals surface area contributed by atoms with Gasteiger partial charge in [0.2, 0.25) is 0 Å². The molecule has 0 aliphatic heterocycles. The second-order valence-corrected chi connectivity index (χ2v) is 5.22. The number of nitrogens with two attached hydrogens (primary N) is 1. The van der Waals surface area contributed by atoms with Crippen LogP contribution in [0.15, 0.2) is 0 Å². The van der Waals surface area contributed by atoms with E-state index in [2.05, 4.69) is 19.0 Å². The molecule has 0 amide bonds. The molecule has 2 nitrogen and oxygen atoms in total. The summed E-state index contributed by atoms with van der Waals surface area (Å²) in [7, 11) is 4.36. The molecule has 0 aromatic carbocycles. The molecule has 13 heavy (non-hydrogen) atoms. The summed E-state index contributed by atoms with van der Waals surface area (Å²) in [4.78, 5) is 2.34. The van der Waals surface area contributed by atoms with Gasteiger partial charge in [-0.25, -0.2) is 0 Å². The molecular weight excluding hydrogens is 160 g/mol. The third kappa shape index (κ3) is 1.40. The molecule has 2 aliphatic rings. The summed E-state index contributed by atoms with van der Waals surface area (Å²) in [5, 5.41) is 0. The van der Waals surface area contributed by atoms with Crippen molar-refractivity contribution in [2.45, 2.75) is 38.1 Å². The lowest BCUT2D eigenvalue weighted by molar-refractivity contribution is 0.114. The summed E-state index contributed by atoms with van der Waals surface area (Å²) < 4.78 is 0. The average Bonchev–Trinajstić information content (AvgIpc) is 2.64. The van der Waals surface area contributed by atoms with Crippen LogP contribution < -0.4 is 5.73 Å². The van der Waals surface area contributed by atoms with E-state index in [0.717, 1.165) is 12.5 Å². The molecule has 2 heteroatoms. The van der Waals surface area contributed by atoms with Crippen molar-refractivity contribution < 1.29 is 0 Å². The van der Waals surface area contributed by atoms with Crippen LogP contribution >= 0.6 is 0 Å². The second kappa shape index (κ2) is 3.25. The Kier molecular flexibility index (Phi) is 2.37. The van der Waals surface area contributed by atoms with Crippen molar-refractivity contribution in [3.05, 3.63) is 0 Å². The van der Waals surface area contributed by atoms with Crippen LogP contribution in [-0.4, -0.2) is 31.6 Å². The fourth-order valence-electron chi connectivity index (χ4n) is 3.71. The van der Waals surface area contributed by atoms with Crippen molar-refractivity contribution in [2.75, 3.05) is 20.6 Å². The fourth-order valence-corrected chi connectivity index (χ4v) is 3.71. The van der Waals surface area contributed by atoms with Gasteiger partial charge in [-0.3, -0.25) is 0 Å². The Balaban J connectivity index is 2.12. The van der Waals surface area contributed by atoms with E-state index in [0.29, 0.717) is 11.5 Å². The van der Waals surface area contributed by atoms with Gasteiger partial charge in [-0.15, -0.1) is 0 Å². The molecule has 0 heterocycles. The van der Waals surface area contributed by atoms with Crippen molar-refractivity contribution in [2.24, 2.45) is 17.1 Å². The van der Waals surface area contributed by atoms with Gasteiger partial charge in [0.15, 0.2) is 0 Å². The van der Waals surface area contributed by atoms with Gasteiger partial charge >= 0.3 is 0 Å².